The number of halogens is 1. The lowest BCUT2D eigenvalue weighted by Gasteiger charge is -2.31. The second-order valence-electron chi connectivity index (χ2n) is 5.41. The smallest absolute Gasteiger partial charge is 0.230 e. The van der Waals surface area contributed by atoms with Gasteiger partial charge in [0, 0.05) is 44.8 Å². The molecule has 3 rings (SSSR count). The molecule has 3 heterocycles. The van der Waals surface area contributed by atoms with Crippen molar-refractivity contribution in [2.24, 2.45) is 4.99 Å². The summed E-state index contributed by atoms with van der Waals surface area (Å²) in [6.07, 6.45) is 5.70. The molecule has 0 radical (unpaired) electrons. The van der Waals surface area contributed by atoms with E-state index in [-0.39, 0.29) is 11.9 Å². The minimum Gasteiger partial charge on any atom is -0.380 e. The Morgan fingerprint density at radius 2 is 2.33 bits per heavy atom. The van der Waals surface area contributed by atoms with Crippen LogP contribution in [0.15, 0.2) is 27.6 Å². The molecule has 3 aliphatic rings. The summed E-state index contributed by atoms with van der Waals surface area (Å²) in [6.45, 7) is 4.81. The van der Waals surface area contributed by atoms with Crippen LogP contribution < -0.4 is 0 Å². The highest BCUT2D eigenvalue weighted by atomic mass is 35.5. The highest BCUT2D eigenvalue weighted by Crippen LogP contribution is 2.31. The third kappa shape index (κ3) is 2.85. The summed E-state index contributed by atoms with van der Waals surface area (Å²) in [5.74, 6) is 0.883. The van der Waals surface area contributed by atoms with Crippen molar-refractivity contribution in [3.63, 3.8) is 0 Å². The van der Waals surface area contributed by atoms with Gasteiger partial charge in [0.05, 0.1) is 17.3 Å². The van der Waals surface area contributed by atoms with Crippen molar-refractivity contribution in [2.75, 3.05) is 26.3 Å². The quantitative estimate of drug-likeness (QED) is 0.745. The lowest BCUT2D eigenvalue weighted by atomic mass is 10.1. The molecule has 1 atom stereocenters. The zero-order valence-corrected chi connectivity index (χ0v) is 13.0. The first-order chi connectivity index (χ1) is 10.2. The zero-order chi connectivity index (χ0) is 14.8. The first-order valence-corrected chi connectivity index (χ1v) is 7.86. The van der Waals surface area contributed by atoms with Crippen molar-refractivity contribution in [3.05, 3.63) is 22.6 Å². The van der Waals surface area contributed by atoms with E-state index in [1.54, 1.807) is 11.1 Å². The van der Waals surface area contributed by atoms with Crippen LogP contribution in [-0.4, -0.2) is 54.3 Å². The van der Waals surface area contributed by atoms with Crippen LogP contribution in [0.1, 0.15) is 26.2 Å². The minimum atomic E-state index is 0.134. The van der Waals surface area contributed by atoms with Crippen LogP contribution in [0.3, 0.4) is 0 Å². The molecule has 1 saturated heterocycles. The predicted molar refractivity (Wildman–Crippen MR) is 82.0 cm³/mol. The van der Waals surface area contributed by atoms with Crippen molar-refractivity contribution in [1.82, 2.24) is 9.80 Å². The van der Waals surface area contributed by atoms with Gasteiger partial charge in [-0.25, -0.2) is 4.99 Å². The summed E-state index contributed by atoms with van der Waals surface area (Å²) in [7, 11) is 0. The molecular weight excluding hydrogens is 290 g/mol. The van der Waals surface area contributed by atoms with Crippen molar-refractivity contribution < 1.29 is 9.53 Å². The fourth-order valence-corrected chi connectivity index (χ4v) is 3.28. The number of amides is 1. The molecular formula is C15H20ClN3O2. The molecule has 21 heavy (non-hydrogen) atoms. The first-order valence-electron chi connectivity index (χ1n) is 7.48. The number of hydrogen-bond acceptors (Lipinski definition) is 4. The van der Waals surface area contributed by atoms with Crippen LogP contribution in [0.4, 0.5) is 0 Å². The molecule has 0 bridgehead atoms. The lowest BCUT2D eigenvalue weighted by Crippen LogP contribution is -2.36. The second-order valence-corrected chi connectivity index (χ2v) is 5.85. The molecule has 0 saturated carbocycles. The summed E-state index contributed by atoms with van der Waals surface area (Å²) < 4.78 is 5.58. The van der Waals surface area contributed by atoms with E-state index in [1.807, 2.05) is 13.0 Å². The Morgan fingerprint density at radius 3 is 3.14 bits per heavy atom. The van der Waals surface area contributed by atoms with Gasteiger partial charge >= 0.3 is 0 Å². The third-order valence-corrected chi connectivity index (χ3v) is 4.45. The van der Waals surface area contributed by atoms with Gasteiger partial charge in [-0.1, -0.05) is 17.7 Å². The van der Waals surface area contributed by atoms with E-state index in [9.17, 15) is 4.79 Å². The molecule has 0 aliphatic carbocycles. The highest BCUT2D eigenvalue weighted by molar-refractivity contribution is 6.39. The maximum atomic E-state index is 12.6. The summed E-state index contributed by atoms with van der Waals surface area (Å²) in [4.78, 5) is 21.1. The largest absolute Gasteiger partial charge is 0.380 e. The summed E-state index contributed by atoms with van der Waals surface area (Å²) in [6, 6.07) is 0.196. The topological polar surface area (TPSA) is 45.1 Å². The number of carbonyl (C=O) groups is 1. The fraction of sp³-hybridized carbons (Fsp3) is 0.600. The Labute approximate surface area is 129 Å². The fourth-order valence-electron chi connectivity index (χ4n) is 3.15. The summed E-state index contributed by atoms with van der Waals surface area (Å²) >= 11 is 6.10. The van der Waals surface area contributed by atoms with Crippen molar-refractivity contribution in [3.8, 4) is 0 Å². The second kappa shape index (κ2) is 6.20. The van der Waals surface area contributed by atoms with Crippen LogP contribution in [-0.2, 0) is 9.53 Å². The number of ether oxygens (including phenoxy) is 1. The van der Waals surface area contributed by atoms with E-state index in [1.165, 1.54) is 0 Å². The molecule has 5 nitrogen and oxygen atoms in total. The maximum Gasteiger partial charge on any atom is 0.230 e. The van der Waals surface area contributed by atoms with E-state index in [0.29, 0.717) is 37.6 Å². The molecule has 3 aliphatic heterocycles. The molecule has 0 N–H and O–H groups in total. The van der Waals surface area contributed by atoms with Gasteiger partial charge < -0.3 is 9.64 Å². The molecule has 6 heteroatoms. The van der Waals surface area contributed by atoms with Gasteiger partial charge in [-0.05, 0) is 13.3 Å². The normalized spacial score (nSPS) is 26.7. The van der Waals surface area contributed by atoms with E-state index in [0.717, 1.165) is 24.5 Å². The van der Waals surface area contributed by atoms with Crippen LogP contribution in [0.5, 0.6) is 0 Å². The number of hydrogen-bond donors (Lipinski definition) is 0. The molecule has 0 aromatic heterocycles. The van der Waals surface area contributed by atoms with Crippen LogP contribution in [0.25, 0.3) is 0 Å². The average Bonchev–Trinajstić information content (AvgIpc) is 2.82. The van der Waals surface area contributed by atoms with Gasteiger partial charge in [0.1, 0.15) is 0 Å². The Hall–Kier alpha value is -1.33. The molecule has 114 valence electrons. The van der Waals surface area contributed by atoms with Crippen molar-refractivity contribution in [1.29, 1.82) is 0 Å². The van der Waals surface area contributed by atoms with Gasteiger partial charge in [-0.2, -0.15) is 0 Å². The monoisotopic (exact) mass is 309 g/mol. The van der Waals surface area contributed by atoms with E-state index < -0.39 is 0 Å². The molecule has 0 spiro atoms. The molecule has 1 amide bonds. The number of allylic oxidation sites excluding steroid dienone is 2. The van der Waals surface area contributed by atoms with Crippen molar-refractivity contribution >= 4 is 23.7 Å². The number of nitrogens with zero attached hydrogens (tertiary/aromatic N) is 3. The molecule has 1 fully saturated rings. The predicted octanol–water partition coefficient (Wildman–Crippen LogP) is 2.10. The Balaban J connectivity index is 2.06. The Kier molecular flexibility index (Phi) is 4.31. The lowest BCUT2D eigenvalue weighted by molar-refractivity contribution is -0.129. The number of rotatable bonds is 1. The number of carbonyl (C=O) groups excluding carboxylic acids is 1. The van der Waals surface area contributed by atoms with Crippen molar-refractivity contribution in [2.45, 2.75) is 32.2 Å². The SMILES string of the molecule is CCN1C(=O)CC2CCOCCN2C2=C1N=CC(Cl)=CC2. The molecule has 0 aromatic rings. The van der Waals surface area contributed by atoms with Crippen LogP contribution in [0, 0.1) is 0 Å². The highest BCUT2D eigenvalue weighted by Gasteiger charge is 2.34. The van der Waals surface area contributed by atoms with Gasteiger partial charge in [0.25, 0.3) is 0 Å². The Bertz CT molecular complexity index is 527. The first kappa shape index (κ1) is 14.6. The standard InChI is InChI=1S/C15H20ClN3O2/c1-2-18-14(20)9-12-5-7-21-8-6-19(12)13-4-3-11(16)10-17-15(13)18/h3,10,12H,2,4-9H2,1H3. The third-order valence-electron chi connectivity index (χ3n) is 4.20. The summed E-state index contributed by atoms with van der Waals surface area (Å²) in [5.41, 5.74) is 1.09. The molecule has 1 unspecified atom stereocenters. The Morgan fingerprint density at radius 1 is 1.48 bits per heavy atom. The number of fused-ring (bicyclic) bond motifs is 2. The van der Waals surface area contributed by atoms with E-state index >= 15 is 0 Å². The van der Waals surface area contributed by atoms with Gasteiger partial charge in [0.2, 0.25) is 5.91 Å². The average molecular weight is 310 g/mol. The van der Waals surface area contributed by atoms with Gasteiger partial charge in [-0.3, -0.25) is 9.69 Å². The van der Waals surface area contributed by atoms with E-state index in [2.05, 4.69) is 9.89 Å². The van der Waals surface area contributed by atoms with Crippen LogP contribution >= 0.6 is 11.6 Å². The molecule has 0 aromatic carbocycles. The summed E-state index contributed by atoms with van der Waals surface area (Å²) in [5, 5.41) is 0.620. The van der Waals surface area contributed by atoms with E-state index in [4.69, 9.17) is 16.3 Å². The van der Waals surface area contributed by atoms with Crippen LogP contribution in [0.2, 0.25) is 0 Å². The number of aliphatic imine (C=N–C) groups is 1. The van der Waals surface area contributed by atoms with Gasteiger partial charge in [-0.15, -0.1) is 0 Å². The zero-order valence-electron chi connectivity index (χ0n) is 12.2. The minimum absolute atomic E-state index is 0.134. The van der Waals surface area contributed by atoms with Gasteiger partial charge in [0.15, 0.2) is 5.82 Å². The maximum absolute atomic E-state index is 12.6.